The molecule has 2 aromatic rings. The van der Waals surface area contributed by atoms with Crippen LogP contribution in [0.1, 0.15) is 10.4 Å². The quantitative estimate of drug-likeness (QED) is 0.809. The van der Waals surface area contributed by atoms with E-state index < -0.39 is 0 Å². The summed E-state index contributed by atoms with van der Waals surface area (Å²) in [5.74, 6) is -0.214. The second-order valence-corrected chi connectivity index (χ2v) is 3.98. The fourth-order valence-electron chi connectivity index (χ4n) is 1.82. The lowest BCUT2D eigenvalue weighted by molar-refractivity contribution is 0.0981. The average Bonchev–Trinajstić information content (AvgIpc) is 2.46. The highest BCUT2D eigenvalue weighted by Gasteiger charge is 2.18. The lowest BCUT2D eigenvalue weighted by atomic mass is 10.2. The average molecular weight is 257 g/mol. The van der Waals surface area contributed by atoms with E-state index in [-0.39, 0.29) is 19.1 Å². The number of hydrogen-bond acceptors (Lipinski definition) is 4. The summed E-state index contributed by atoms with van der Waals surface area (Å²) in [6, 6.07) is 10.3. The van der Waals surface area contributed by atoms with E-state index in [0.717, 1.165) is 0 Å². The van der Waals surface area contributed by atoms with Crippen LogP contribution in [0.4, 0.5) is 11.4 Å². The monoisotopic (exact) mass is 257 g/mol. The van der Waals surface area contributed by atoms with Crippen LogP contribution in [-0.4, -0.2) is 29.1 Å². The molecule has 0 bridgehead atoms. The fourth-order valence-corrected chi connectivity index (χ4v) is 1.82. The molecule has 1 amide bonds. The number of amides is 1. The Labute approximate surface area is 111 Å². The second-order valence-electron chi connectivity index (χ2n) is 3.98. The van der Waals surface area contributed by atoms with Gasteiger partial charge in [-0.05, 0) is 24.3 Å². The number of nitrogen functional groups attached to an aromatic ring is 1. The Hall–Kier alpha value is -2.40. The summed E-state index contributed by atoms with van der Waals surface area (Å²) in [5.41, 5.74) is 7.48. The molecule has 5 nitrogen and oxygen atoms in total. The normalized spacial score (nSPS) is 10.2. The SMILES string of the molecule is Nc1ccccc1N(CCO)C(=O)c1ccncc1. The Balaban J connectivity index is 2.36. The number of pyridine rings is 1. The number of para-hydroxylation sites is 2. The van der Waals surface area contributed by atoms with E-state index in [4.69, 9.17) is 10.8 Å². The largest absolute Gasteiger partial charge is 0.397 e. The Kier molecular flexibility index (Phi) is 4.10. The molecule has 0 saturated carbocycles. The van der Waals surface area contributed by atoms with E-state index in [9.17, 15) is 4.79 Å². The van der Waals surface area contributed by atoms with Gasteiger partial charge in [-0.1, -0.05) is 12.1 Å². The molecule has 2 rings (SSSR count). The Morgan fingerprint density at radius 2 is 1.89 bits per heavy atom. The Morgan fingerprint density at radius 3 is 2.53 bits per heavy atom. The van der Waals surface area contributed by atoms with Gasteiger partial charge in [-0.25, -0.2) is 0 Å². The van der Waals surface area contributed by atoms with Gasteiger partial charge in [0.1, 0.15) is 0 Å². The molecule has 0 radical (unpaired) electrons. The van der Waals surface area contributed by atoms with Crippen molar-refractivity contribution in [2.24, 2.45) is 0 Å². The van der Waals surface area contributed by atoms with Crippen molar-refractivity contribution in [3.8, 4) is 0 Å². The molecule has 0 aliphatic rings. The van der Waals surface area contributed by atoms with Gasteiger partial charge in [0.2, 0.25) is 0 Å². The maximum atomic E-state index is 12.4. The summed E-state index contributed by atoms with van der Waals surface area (Å²) in [7, 11) is 0. The van der Waals surface area contributed by atoms with Crippen molar-refractivity contribution in [2.45, 2.75) is 0 Å². The van der Waals surface area contributed by atoms with Gasteiger partial charge in [-0.3, -0.25) is 9.78 Å². The van der Waals surface area contributed by atoms with E-state index >= 15 is 0 Å². The van der Waals surface area contributed by atoms with Gasteiger partial charge in [0.15, 0.2) is 0 Å². The number of aliphatic hydroxyl groups excluding tert-OH is 1. The minimum Gasteiger partial charge on any atom is -0.397 e. The summed E-state index contributed by atoms with van der Waals surface area (Å²) in [4.78, 5) is 17.8. The molecule has 0 spiro atoms. The first-order valence-corrected chi connectivity index (χ1v) is 5.91. The number of nitrogens with two attached hydrogens (primary N) is 1. The molecule has 0 fully saturated rings. The van der Waals surface area contributed by atoms with Gasteiger partial charge >= 0.3 is 0 Å². The highest BCUT2D eigenvalue weighted by Crippen LogP contribution is 2.23. The second kappa shape index (κ2) is 5.97. The standard InChI is InChI=1S/C14H15N3O2/c15-12-3-1-2-4-13(12)17(9-10-18)14(19)11-5-7-16-8-6-11/h1-8,18H,9-10,15H2. The van der Waals surface area contributed by atoms with Crippen LogP contribution in [0.25, 0.3) is 0 Å². The maximum Gasteiger partial charge on any atom is 0.258 e. The summed E-state index contributed by atoms with van der Waals surface area (Å²) in [5, 5.41) is 9.14. The molecule has 0 atom stereocenters. The van der Waals surface area contributed by atoms with Gasteiger partial charge < -0.3 is 15.7 Å². The van der Waals surface area contributed by atoms with E-state index in [1.54, 1.807) is 48.8 Å². The summed E-state index contributed by atoms with van der Waals surface area (Å²) in [6.45, 7) is 0.0561. The lowest BCUT2D eigenvalue weighted by Gasteiger charge is -2.23. The van der Waals surface area contributed by atoms with Gasteiger partial charge in [-0.2, -0.15) is 0 Å². The van der Waals surface area contributed by atoms with Crippen LogP contribution in [0.2, 0.25) is 0 Å². The Bertz CT molecular complexity index is 558. The molecule has 1 aromatic heterocycles. The molecular formula is C14H15N3O2. The predicted molar refractivity (Wildman–Crippen MR) is 73.9 cm³/mol. The number of aliphatic hydroxyl groups is 1. The zero-order valence-electron chi connectivity index (χ0n) is 10.4. The number of anilines is 2. The molecule has 0 aliphatic heterocycles. The predicted octanol–water partition coefficient (Wildman–Crippen LogP) is 1.30. The highest BCUT2D eigenvalue weighted by molar-refractivity contribution is 6.07. The molecule has 1 aromatic carbocycles. The number of rotatable bonds is 4. The van der Waals surface area contributed by atoms with Crippen LogP contribution in [-0.2, 0) is 0 Å². The van der Waals surface area contributed by atoms with Crippen molar-refractivity contribution in [3.63, 3.8) is 0 Å². The van der Waals surface area contributed by atoms with E-state index in [0.29, 0.717) is 16.9 Å². The number of nitrogens with zero attached hydrogens (tertiary/aromatic N) is 2. The molecular weight excluding hydrogens is 242 g/mol. The molecule has 0 aliphatic carbocycles. The first kappa shape index (κ1) is 13.0. The van der Waals surface area contributed by atoms with Crippen molar-refractivity contribution in [3.05, 3.63) is 54.4 Å². The zero-order valence-corrected chi connectivity index (χ0v) is 10.4. The van der Waals surface area contributed by atoms with Gasteiger partial charge in [0.25, 0.3) is 5.91 Å². The molecule has 3 N–H and O–H groups in total. The third kappa shape index (κ3) is 2.89. The lowest BCUT2D eigenvalue weighted by Crippen LogP contribution is -2.34. The third-order valence-electron chi connectivity index (χ3n) is 2.72. The molecule has 19 heavy (non-hydrogen) atoms. The van der Waals surface area contributed by atoms with Crippen molar-refractivity contribution < 1.29 is 9.90 Å². The van der Waals surface area contributed by atoms with Crippen LogP contribution in [0.5, 0.6) is 0 Å². The summed E-state index contributed by atoms with van der Waals surface area (Å²) >= 11 is 0. The summed E-state index contributed by atoms with van der Waals surface area (Å²) in [6.07, 6.45) is 3.11. The number of benzene rings is 1. The maximum absolute atomic E-state index is 12.4. The number of carbonyl (C=O) groups excluding carboxylic acids is 1. The van der Waals surface area contributed by atoms with Crippen molar-refractivity contribution in [2.75, 3.05) is 23.8 Å². The van der Waals surface area contributed by atoms with Crippen molar-refractivity contribution in [1.29, 1.82) is 0 Å². The van der Waals surface area contributed by atoms with Crippen LogP contribution in [0.3, 0.4) is 0 Å². The molecule has 0 unspecified atom stereocenters. The third-order valence-corrected chi connectivity index (χ3v) is 2.72. The molecule has 98 valence electrons. The molecule has 5 heteroatoms. The number of carbonyl (C=O) groups is 1. The first-order valence-electron chi connectivity index (χ1n) is 5.91. The van der Waals surface area contributed by atoms with Crippen LogP contribution >= 0.6 is 0 Å². The minimum atomic E-state index is -0.214. The van der Waals surface area contributed by atoms with E-state index in [2.05, 4.69) is 4.98 Å². The molecule has 0 saturated heterocycles. The summed E-state index contributed by atoms with van der Waals surface area (Å²) < 4.78 is 0. The highest BCUT2D eigenvalue weighted by atomic mass is 16.3. The number of hydrogen-bond donors (Lipinski definition) is 2. The van der Waals surface area contributed by atoms with E-state index in [1.165, 1.54) is 4.90 Å². The van der Waals surface area contributed by atoms with Crippen LogP contribution < -0.4 is 10.6 Å². The number of aromatic nitrogens is 1. The van der Waals surface area contributed by atoms with Gasteiger partial charge in [0, 0.05) is 24.5 Å². The topological polar surface area (TPSA) is 79.5 Å². The van der Waals surface area contributed by atoms with Gasteiger partial charge in [-0.15, -0.1) is 0 Å². The fraction of sp³-hybridized carbons (Fsp3) is 0.143. The van der Waals surface area contributed by atoms with Gasteiger partial charge in [0.05, 0.1) is 18.0 Å². The van der Waals surface area contributed by atoms with Crippen LogP contribution in [0.15, 0.2) is 48.8 Å². The Morgan fingerprint density at radius 1 is 1.21 bits per heavy atom. The molecule has 1 heterocycles. The zero-order chi connectivity index (χ0) is 13.7. The van der Waals surface area contributed by atoms with Crippen molar-refractivity contribution in [1.82, 2.24) is 4.98 Å². The smallest absolute Gasteiger partial charge is 0.258 e. The van der Waals surface area contributed by atoms with Crippen LogP contribution in [0, 0.1) is 0 Å². The van der Waals surface area contributed by atoms with E-state index in [1.807, 2.05) is 0 Å². The van der Waals surface area contributed by atoms with Crippen molar-refractivity contribution >= 4 is 17.3 Å². The minimum absolute atomic E-state index is 0.134. The first-order chi connectivity index (χ1) is 9.24.